The maximum Gasteiger partial charge on any atom is 0.228 e. The fraction of sp³-hybridized carbons (Fsp3) is 0.400. The number of carbonyl (C=O) groups excluding carboxylic acids is 2. The molecule has 2 N–H and O–H groups in total. The molecular weight excluding hydrogens is 439 g/mol. The van der Waals surface area contributed by atoms with Crippen LogP contribution in [0.2, 0.25) is 0 Å². The van der Waals surface area contributed by atoms with Crippen LogP contribution in [-0.4, -0.2) is 46.0 Å². The SMILES string of the molecule is CSc1ccc(NC(=O)C2CC23CCN(C(=O)CCc2nc4ccc(F)cc4[nH]2)CC3)cc1. The van der Waals surface area contributed by atoms with E-state index in [9.17, 15) is 14.0 Å². The van der Waals surface area contributed by atoms with Crippen molar-refractivity contribution < 1.29 is 14.0 Å². The molecule has 6 nitrogen and oxygen atoms in total. The van der Waals surface area contributed by atoms with Crippen molar-refractivity contribution in [3.8, 4) is 0 Å². The van der Waals surface area contributed by atoms with E-state index in [4.69, 9.17) is 0 Å². The standard InChI is InChI=1S/C25H27FN4O2S/c1-33-18-5-3-17(4-6-18)27-24(32)19-15-25(19)10-12-30(13-11-25)23(31)9-8-22-28-20-7-2-16(26)14-21(20)29-22/h2-7,14,19H,8-13,15H2,1H3,(H,27,32)(H,28,29). The van der Waals surface area contributed by atoms with Crippen LogP contribution >= 0.6 is 11.8 Å². The molecule has 1 saturated carbocycles. The Kier molecular flexibility index (Phi) is 5.86. The number of imidazole rings is 1. The lowest BCUT2D eigenvalue weighted by atomic mass is 9.90. The molecule has 2 fully saturated rings. The number of H-pyrrole nitrogens is 1. The van der Waals surface area contributed by atoms with Crippen molar-refractivity contribution in [2.45, 2.75) is 37.0 Å². The maximum absolute atomic E-state index is 13.4. The normalized spacial score (nSPS) is 19.1. The van der Waals surface area contributed by atoms with Crippen molar-refractivity contribution in [2.75, 3.05) is 24.7 Å². The zero-order chi connectivity index (χ0) is 23.0. The topological polar surface area (TPSA) is 78.1 Å². The fourth-order valence-corrected chi connectivity index (χ4v) is 5.32. The molecule has 172 valence electrons. The van der Waals surface area contributed by atoms with Crippen molar-refractivity contribution >= 4 is 40.3 Å². The number of hydrogen-bond acceptors (Lipinski definition) is 4. The number of likely N-dealkylation sites (tertiary alicyclic amines) is 1. The molecule has 0 radical (unpaired) electrons. The van der Waals surface area contributed by atoms with Gasteiger partial charge in [0, 0.05) is 42.4 Å². The molecule has 3 aromatic rings. The third-order valence-corrected chi connectivity index (χ3v) is 7.79. The number of hydrogen-bond donors (Lipinski definition) is 2. The maximum atomic E-state index is 13.4. The lowest BCUT2D eigenvalue weighted by Gasteiger charge is -2.33. The van der Waals surface area contributed by atoms with Crippen LogP contribution in [0.4, 0.5) is 10.1 Å². The number of nitrogens with one attached hydrogen (secondary N) is 2. The Bertz CT molecular complexity index is 1180. The molecule has 1 saturated heterocycles. The minimum atomic E-state index is -0.309. The first-order chi connectivity index (χ1) is 16.0. The average molecular weight is 467 g/mol. The molecule has 1 aromatic heterocycles. The molecule has 33 heavy (non-hydrogen) atoms. The van der Waals surface area contributed by atoms with E-state index in [0.717, 1.165) is 24.9 Å². The Hall–Kier alpha value is -2.87. The lowest BCUT2D eigenvalue weighted by molar-refractivity contribution is -0.132. The molecule has 2 heterocycles. The van der Waals surface area contributed by atoms with E-state index in [2.05, 4.69) is 15.3 Å². The molecule has 2 aromatic carbocycles. The van der Waals surface area contributed by atoms with E-state index in [1.54, 1.807) is 17.8 Å². The van der Waals surface area contributed by atoms with Gasteiger partial charge in [-0.1, -0.05) is 0 Å². The second-order valence-corrected chi connectivity index (χ2v) is 9.94. The van der Waals surface area contributed by atoms with Gasteiger partial charge in [-0.25, -0.2) is 9.37 Å². The summed E-state index contributed by atoms with van der Waals surface area (Å²) in [6.07, 6.45) is 5.53. The number of aromatic nitrogens is 2. The van der Waals surface area contributed by atoms with E-state index in [1.165, 1.54) is 17.0 Å². The van der Waals surface area contributed by atoms with E-state index in [0.29, 0.717) is 42.8 Å². The summed E-state index contributed by atoms with van der Waals surface area (Å²) in [6, 6.07) is 12.3. The highest BCUT2D eigenvalue weighted by Gasteiger charge is 2.58. The summed E-state index contributed by atoms with van der Waals surface area (Å²) in [5, 5.41) is 3.05. The van der Waals surface area contributed by atoms with Gasteiger partial charge in [-0.05, 0) is 73.4 Å². The smallest absolute Gasteiger partial charge is 0.228 e. The number of aryl methyl sites for hydroxylation is 1. The molecule has 1 aliphatic heterocycles. The molecule has 2 aliphatic rings. The van der Waals surface area contributed by atoms with Gasteiger partial charge < -0.3 is 15.2 Å². The molecule has 8 heteroatoms. The van der Waals surface area contributed by atoms with Gasteiger partial charge in [-0.2, -0.15) is 0 Å². The van der Waals surface area contributed by atoms with E-state index < -0.39 is 0 Å². The predicted octanol–water partition coefficient (Wildman–Crippen LogP) is 4.62. The molecule has 5 rings (SSSR count). The predicted molar refractivity (Wildman–Crippen MR) is 128 cm³/mol. The minimum absolute atomic E-state index is 0.0333. The summed E-state index contributed by atoms with van der Waals surface area (Å²) in [4.78, 5) is 36.1. The third-order valence-electron chi connectivity index (χ3n) is 7.04. The number of fused-ring (bicyclic) bond motifs is 1. The molecule has 1 unspecified atom stereocenters. The number of piperidine rings is 1. The van der Waals surface area contributed by atoms with Gasteiger partial charge in [0.1, 0.15) is 11.6 Å². The quantitative estimate of drug-likeness (QED) is 0.520. The van der Waals surface area contributed by atoms with Gasteiger partial charge in [-0.3, -0.25) is 9.59 Å². The van der Waals surface area contributed by atoms with Crippen LogP contribution in [0.5, 0.6) is 0 Å². The van der Waals surface area contributed by atoms with Gasteiger partial charge in [-0.15, -0.1) is 11.8 Å². The number of halogens is 1. The molecule has 0 bridgehead atoms. The first kappa shape index (κ1) is 21.9. The summed E-state index contributed by atoms with van der Waals surface area (Å²) in [5.74, 6) is 0.615. The Balaban J connectivity index is 1.10. The summed E-state index contributed by atoms with van der Waals surface area (Å²) < 4.78 is 13.4. The van der Waals surface area contributed by atoms with Crippen molar-refractivity contribution in [1.82, 2.24) is 14.9 Å². The highest BCUT2D eigenvalue weighted by Crippen LogP contribution is 2.59. The van der Waals surface area contributed by atoms with Crippen molar-refractivity contribution in [3.63, 3.8) is 0 Å². The largest absolute Gasteiger partial charge is 0.343 e. The van der Waals surface area contributed by atoms with Gasteiger partial charge in [0.2, 0.25) is 11.8 Å². The van der Waals surface area contributed by atoms with Crippen molar-refractivity contribution in [1.29, 1.82) is 0 Å². The second-order valence-electron chi connectivity index (χ2n) is 9.06. The lowest BCUT2D eigenvalue weighted by Crippen LogP contribution is -2.40. The van der Waals surface area contributed by atoms with Gasteiger partial charge in [0.15, 0.2) is 0 Å². The minimum Gasteiger partial charge on any atom is -0.343 e. The second kappa shape index (κ2) is 8.82. The van der Waals surface area contributed by atoms with E-state index >= 15 is 0 Å². The Labute approximate surface area is 196 Å². The average Bonchev–Trinajstić information content (AvgIpc) is 3.37. The number of benzene rings is 2. The number of amides is 2. The third kappa shape index (κ3) is 4.62. The Morgan fingerprint density at radius 1 is 1.21 bits per heavy atom. The number of rotatable bonds is 6. The number of anilines is 1. The first-order valence-electron chi connectivity index (χ1n) is 11.3. The molecule has 1 atom stereocenters. The number of thioether (sulfide) groups is 1. The Morgan fingerprint density at radius 2 is 1.97 bits per heavy atom. The van der Waals surface area contributed by atoms with Gasteiger partial charge in [0.05, 0.1) is 11.0 Å². The van der Waals surface area contributed by atoms with Crippen LogP contribution in [0.1, 0.15) is 31.5 Å². The number of carbonyl (C=O) groups is 2. The van der Waals surface area contributed by atoms with E-state index in [1.807, 2.05) is 35.4 Å². The van der Waals surface area contributed by atoms with Gasteiger partial charge in [0.25, 0.3) is 0 Å². The van der Waals surface area contributed by atoms with Crippen LogP contribution in [0.3, 0.4) is 0 Å². The van der Waals surface area contributed by atoms with Crippen molar-refractivity contribution in [2.24, 2.45) is 11.3 Å². The van der Waals surface area contributed by atoms with Crippen LogP contribution in [0, 0.1) is 17.2 Å². The summed E-state index contributed by atoms with van der Waals surface area (Å²) in [6.45, 7) is 1.38. The number of nitrogens with zero attached hydrogens (tertiary/aromatic N) is 2. The van der Waals surface area contributed by atoms with Crippen LogP contribution < -0.4 is 5.32 Å². The van der Waals surface area contributed by atoms with Gasteiger partial charge >= 0.3 is 0 Å². The van der Waals surface area contributed by atoms with Crippen LogP contribution in [0.25, 0.3) is 11.0 Å². The first-order valence-corrected chi connectivity index (χ1v) is 12.6. The highest BCUT2D eigenvalue weighted by molar-refractivity contribution is 7.98. The van der Waals surface area contributed by atoms with Crippen LogP contribution in [0.15, 0.2) is 47.4 Å². The van der Waals surface area contributed by atoms with Crippen molar-refractivity contribution in [3.05, 3.63) is 54.1 Å². The molecule has 1 aliphatic carbocycles. The zero-order valence-electron chi connectivity index (χ0n) is 18.6. The monoisotopic (exact) mass is 466 g/mol. The Morgan fingerprint density at radius 3 is 2.70 bits per heavy atom. The zero-order valence-corrected chi connectivity index (χ0v) is 19.4. The number of aromatic amines is 1. The van der Waals surface area contributed by atoms with E-state index in [-0.39, 0.29) is 29.0 Å². The summed E-state index contributed by atoms with van der Waals surface area (Å²) >= 11 is 1.67. The molecular formula is C25H27FN4O2S. The highest BCUT2D eigenvalue weighted by atomic mass is 32.2. The summed E-state index contributed by atoms with van der Waals surface area (Å²) in [5.41, 5.74) is 2.23. The molecule has 2 amide bonds. The summed E-state index contributed by atoms with van der Waals surface area (Å²) in [7, 11) is 0. The van der Waals surface area contributed by atoms with Crippen LogP contribution in [-0.2, 0) is 16.0 Å². The fourth-order valence-electron chi connectivity index (χ4n) is 4.91. The molecule has 1 spiro atoms.